The van der Waals surface area contributed by atoms with E-state index in [0.29, 0.717) is 54.1 Å². The van der Waals surface area contributed by atoms with Crippen molar-refractivity contribution in [1.29, 1.82) is 0 Å². The lowest BCUT2D eigenvalue weighted by Gasteiger charge is -2.14. The second-order valence-corrected chi connectivity index (χ2v) is 7.18. The Balaban J connectivity index is 1.29. The number of nitrogens with one attached hydrogen (secondary N) is 1. The van der Waals surface area contributed by atoms with E-state index in [0.717, 1.165) is 0 Å². The van der Waals surface area contributed by atoms with Crippen LogP contribution in [0.2, 0.25) is 0 Å². The summed E-state index contributed by atoms with van der Waals surface area (Å²) in [6.07, 6.45) is 1.26. The summed E-state index contributed by atoms with van der Waals surface area (Å²) in [5.74, 6) is -0.238. The van der Waals surface area contributed by atoms with Crippen LogP contribution in [0, 0.1) is 0 Å². The van der Waals surface area contributed by atoms with Gasteiger partial charge in [0.15, 0.2) is 0 Å². The largest absolute Gasteiger partial charge is 0.493 e. The fraction of sp³-hybridized carbons (Fsp3) is 0.160. The molecule has 0 unspecified atom stereocenters. The third-order valence-corrected chi connectivity index (χ3v) is 5.08. The smallest absolute Gasteiger partial charge is 0.261 e. The van der Waals surface area contributed by atoms with Gasteiger partial charge in [-0.15, -0.1) is 0 Å². The maximum atomic E-state index is 12.6. The van der Waals surface area contributed by atoms with E-state index < -0.39 is 0 Å². The molecule has 3 aromatic carbocycles. The number of amides is 3. The maximum Gasteiger partial charge on any atom is 0.261 e. The highest BCUT2D eigenvalue weighted by molar-refractivity contribution is 6.21. The highest BCUT2D eigenvalue weighted by Gasteiger charge is 2.34. The molecule has 0 spiro atoms. The Labute approximate surface area is 180 Å². The van der Waals surface area contributed by atoms with Crippen LogP contribution < -0.4 is 10.1 Å². The average molecular weight is 414 g/mol. The maximum absolute atomic E-state index is 12.6. The fourth-order valence-electron chi connectivity index (χ4n) is 3.50. The van der Waals surface area contributed by atoms with Gasteiger partial charge in [-0.2, -0.15) is 0 Å². The zero-order valence-electron chi connectivity index (χ0n) is 16.9. The first-order chi connectivity index (χ1) is 15.1. The lowest BCUT2D eigenvalue weighted by atomic mass is 10.1. The fourth-order valence-corrected chi connectivity index (χ4v) is 3.50. The zero-order chi connectivity index (χ0) is 21.6. The lowest BCUT2D eigenvalue weighted by molar-refractivity contribution is 0.0649. The van der Waals surface area contributed by atoms with Crippen molar-refractivity contribution >= 4 is 23.4 Å². The van der Waals surface area contributed by atoms with Gasteiger partial charge >= 0.3 is 0 Å². The first-order valence-electron chi connectivity index (χ1n) is 10.2. The van der Waals surface area contributed by atoms with Crippen molar-refractivity contribution in [2.75, 3.05) is 18.5 Å². The Bertz CT molecular complexity index is 1080. The van der Waals surface area contributed by atoms with Crippen LogP contribution in [0.15, 0.2) is 78.9 Å². The monoisotopic (exact) mass is 414 g/mol. The van der Waals surface area contributed by atoms with Gasteiger partial charge in [-0.1, -0.05) is 42.5 Å². The summed E-state index contributed by atoms with van der Waals surface area (Å²) in [5.41, 5.74) is 2.08. The van der Waals surface area contributed by atoms with Crippen LogP contribution in [0.1, 0.15) is 43.9 Å². The topological polar surface area (TPSA) is 75.7 Å². The van der Waals surface area contributed by atoms with Crippen LogP contribution in [-0.2, 0) is 0 Å². The first-order valence-corrected chi connectivity index (χ1v) is 10.2. The summed E-state index contributed by atoms with van der Waals surface area (Å²) in [7, 11) is 0. The van der Waals surface area contributed by atoms with Crippen LogP contribution in [0.5, 0.6) is 5.75 Å². The molecular weight excluding hydrogens is 392 g/mol. The molecule has 0 saturated carbocycles. The number of anilines is 1. The van der Waals surface area contributed by atoms with Crippen molar-refractivity contribution in [2.24, 2.45) is 0 Å². The van der Waals surface area contributed by atoms with Crippen molar-refractivity contribution in [3.8, 4) is 5.75 Å². The minimum Gasteiger partial charge on any atom is -0.493 e. The van der Waals surface area contributed by atoms with E-state index >= 15 is 0 Å². The molecule has 156 valence electrons. The number of imide groups is 1. The molecule has 0 atom stereocenters. The number of hydrogen-bond acceptors (Lipinski definition) is 4. The van der Waals surface area contributed by atoms with Gasteiger partial charge in [0.2, 0.25) is 0 Å². The normalized spacial score (nSPS) is 12.6. The molecular formula is C25H22N2O4. The zero-order valence-corrected chi connectivity index (χ0v) is 16.9. The number of nitrogens with zero attached hydrogens (tertiary/aromatic N) is 1. The summed E-state index contributed by atoms with van der Waals surface area (Å²) in [4.78, 5) is 38.7. The van der Waals surface area contributed by atoms with Gasteiger partial charge in [-0.05, 0) is 49.2 Å². The van der Waals surface area contributed by atoms with Crippen molar-refractivity contribution < 1.29 is 19.1 Å². The lowest BCUT2D eigenvalue weighted by Crippen LogP contribution is -2.30. The molecule has 0 aliphatic carbocycles. The van der Waals surface area contributed by atoms with Crippen LogP contribution in [0.4, 0.5) is 5.69 Å². The number of unbranched alkanes of at least 4 members (excludes halogenated alkanes) is 1. The summed E-state index contributed by atoms with van der Waals surface area (Å²) in [6.45, 7) is 0.713. The number of para-hydroxylation sites is 2. The van der Waals surface area contributed by atoms with Gasteiger partial charge in [-0.25, -0.2) is 0 Å². The van der Waals surface area contributed by atoms with E-state index in [1.165, 1.54) is 4.90 Å². The second kappa shape index (κ2) is 9.26. The molecule has 1 aliphatic rings. The molecule has 1 N–H and O–H groups in total. The van der Waals surface area contributed by atoms with Crippen molar-refractivity contribution in [3.63, 3.8) is 0 Å². The average Bonchev–Trinajstić information content (AvgIpc) is 3.05. The number of hydrogen-bond donors (Lipinski definition) is 1. The van der Waals surface area contributed by atoms with Crippen LogP contribution in [0.25, 0.3) is 0 Å². The first kappa shape index (κ1) is 20.3. The molecule has 0 fully saturated rings. The van der Waals surface area contributed by atoms with Gasteiger partial charge in [-0.3, -0.25) is 19.3 Å². The predicted octanol–water partition coefficient (Wildman–Crippen LogP) is 4.39. The quantitative estimate of drug-likeness (QED) is 0.438. The predicted molar refractivity (Wildman–Crippen MR) is 117 cm³/mol. The minimum atomic E-state index is -0.246. The van der Waals surface area contributed by atoms with Gasteiger partial charge in [0.25, 0.3) is 17.7 Å². The Hall–Kier alpha value is -3.93. The standard InChI is InChI=1S/C25H22N2O4/c28-23(26-18-10-2-1-3-11-18)21-14-6-7-15-22(21)31-17-9-8-16-27-24(29)19-12-4-5-13-20(19)25(27)30/h1-7,10-15H,8-9,16-17H2,(H,26,28). The highest BCUT2D eigenvalue weighted by atomic mass is 16.5. The number of ether oxygens (including phenoxy) is 1. The van der Waals surface area contributed by atoms with E-state index in [9.17, 15) is 14.4 Å². The molecule has 31 heavy (non-hydrogen) atoms. The van der Waals surface area contributed by atoms with E-state index in [-0.39, 0.29) is 17.7 Å². The molecule has 0 aromatic heterocycles. The molecule has 6 nitrogen and oxygen atoms in total. The minimum absolute atomic E-state index is 0.243. The SMILES string of the molecule is O=C(Nc1ccccc1)c1ccccc1OCCCCN1C(=O)c2ccccc2C1=O. The molecule has 6 heteroatoms. The van der Waals surface area contributed by atoms with Crippen molar-refractivity contribution in [2.45, 2.75) is 12.8 Å². The molecule has 0 saturated heterocycles. The van der Waals surface area contributed by atoms with Gasteiger partial charge in [0, 0.05) is 12.2 Å². The molecule has 4 rings (SSSR count). The molecule has 3 aromatic rings. The van der Waals surface area contributed by atoms with Gasteiger partial charge < -0.3 is 10.1 Å². The third-order valence-electron chi connectivity index (χ3n) is 5.08. The van der Waals surface area contributed by atoms with E-state index in [2.05, 4.69) is 5.32 Å². The molecule has 1 aliphatic heterocycles. The van der Waals surface area contributed by atoms with E-state index in [4.69, 9.17) is 4.74 Å². The Morgan fingerprint density at radius 1 is 0.774 bits per heavy atom. The molecule has 0 bridgehead atoms. The second-order valence-electron chi connectivity index (χ2n) is 7.18. The van der Waals surface area contributed by atoms with Crippen LogP contribution >= 0.6 is 0 Å². The Morgan fingerprint density at radius 2 is 1.39 bits per heavy atom. The summed E-state index contributed by atoms with van der Waals surface area (Å²) in [6, 6.07) is 23.2. The molecule has 3 amide bonds. The van der Waals surface area contributed by atoms with Gasteiger partial charge in [0.1, 0.15) is 5.75 Å². The number of fused-ring (bicyclic) bond motifs is 1. The van der Waals surface area contributed by atoms with Crippen molar-refractivity contribution in [1.82, 2.24) is 4.90 Å². The van der Waals surface area contributed by atoms with Gasteiger partial charge in [0.05, 0.1) is 23.3 Å². The highest BCUT2D eigenvalue weighted by Crippen LogP contribution is 2.23. The summed E-state index contributed by atoms with van der Waals surface area (Å²) < 4.78 is 5.83. The number of carbonyl (C=O) groups excluding carboxylic acids is 3. The Morgan fingerprint density at radius 3 is 2.10 bits per heavy atom. The van der Waals surface area contributed by atoms with Crippen LogP contribution in [-0.4, -0.2) is 35.8 Å². The Kier molecular flexibility index (Phi) is 6.08. The summed E-state index contributed by atoms with van der Waals surface area (Å²) >= 11 is 0. The van der Waals surface area contributed by atoms with Crippen LogP contribution in [0.3, 0.4) is 0 Å². The number of rotatable bonds is 8. The van der Waals surface area contributed by atoms with E-state index in [1.54, 1.807) is 42.5 Å². The molecule has 0 radical (unpaired) electrons. The number of carbonyl (C=O) groups is 3. The van der Waals surface area contributed by atoms with Crippen molar-refractivity contribution in [3.05, 3.63) is 95.6 Å². The summed E-state index contributed by atoms with van der Waals surface area (Å²) in [5, 5.41) is 2.86. The third kappa shape index (κ3) is 4.48. The molecule has 1 heterocycles. The van der Waals surface area contributed by atoms with E-state index in [1.807, 2.05) is 36.4 Å². The number of benzene rings is 3.